The molecule has 0 radical (unpaired) electrons. The van der Waals surface area contributed by atoms with Gasteiger partial charge in [-0.3, -0.25) is 0 Å². The van der Waals surface area contributed by atoms with E-state index in [9.17, 15) is 0 Å². The van der Waals surface area contributed by atoms with E-state index in [0.29, 0.717) is 6.04 Å². The zero-order valence-electron chi connectivity index (χ0n) is 10.8. The fourth-order valence-electron chi connectivity index (χ4n) is 2.34. The Morgan fingerprint density at radius 1 is 1.28 bits per heavy atom. The molecule has 18 heavy (non-hydrogen) atoms. The molecule has 0 amide bonds. The van der Waals surface area contributed by atoms with Gasteiger partial charge in [0.1, 0.15) is 0 Å². The zero-order chi connectivity index (χ0) is 11.9. The molecule has 100 valence electrons. The maximum atomic E-state index is 5.96. The van der Waals surface area contributed by atoms with E-state index in [-0.39, 0.29) is 12.4 Å². The summed E-state index contributed by atoms with van der Waals surface area (Å²) >= 11 is 0. The van der Waals surface area contributed by atoms with Crippen LogP contribution in [0.1, 0.15) is 24.8 Å². The number of piperidine rings is 1. The molecule has 1 heterocycles. The largest absolute Gasteiger partial charge is 0.327 e. The molecule has 3 heteroatoms. The van der Waals surface area contributed by atoms with Crippen molar-refractivity contribution >= 4 is 18.5 Å². The SMILES string of the molecule is Cl.NC1CCCN(CC/C=C/c2ccccc2)C1. The standard InChI is InChI=1S/C15H22N2.ClH/c16-15-10-6-12-17(13-15)11-5-4-9-14-7-2-1-3-8-14;/h1-4,7-9,15H,5-6,10-13,16H2;1H/b9-4+;. The molecule has 0 aliphatic carbocycles. The lowest BCUT2D eigenvalue weighted by Gasteiger charge is -2.30. The van der Waals surface area contributed by atoms with Crippen molar-refractivity contribution in [3.63, 3.8) is 0 Å². The molecule has 1 aliphatic rings. The van der Waals surface area contributed by atoms with Crippen molar-refractivity contribution in [1.82, 2.24) is 4.90 Å². The maximum absolute atomic E-state index is 5.96. The van der Waals surface area contributed by atoms with Gasteiger partial charge in [-0.1, -0.05) is 42.5 Å². The third kappa shape index (κ3) is 5.21. The number of hydrogen-bond acceptors (Lipinski definition) is 2. The summed E-state index contributed by atoms with van der Waals surface area (Å²) in [5, 5.41) is 0. The highest BCUT2D eigenvalue weighted by atomic mass is 35.5. The number of rotatable bonds is 4. The molecular weight excluding hydrogens is 244 g/mol. The Bertz CT molecular complexity index is 351. The highest BCUT2D eigenvalue weighted by Gasteiger charge is 2.14. The summed E-state index contributed by atoms with van der Waals surface area (Å²) in [7, 11) is 0. The first-order valence-corrected chi connectivity index (χ1v) is 6.54. The second-order valence-electron chi connectivity index (χ2n) is 4.80. The lowest BCUT2D eigenvalue weighted by Crippen LogP contribution is -2.42. The predicted molar refractivity (Wildman–Crippen MR) is 81.0 cm³/mol. The van der Waals surface area contributed by atoms with E-state index in [0.717, 1.165) is 19.5 Å². The van der Waals surface area contributed by atoms with Gasteiger partial charge in [0.2, 0.25) is 0 Å². The van der Waals surface area contributed by atoms with Gasteiger partial charge in [-0.25, -0.2) is 0 Å². The first-order valence-electron chi connectivity index (χ1n) is 6.54. The summed E-state index contributed by atoms with van der Waals surface area (Å²) in [5.41, 5.74) is 7.24. The van der Waals surface area contributed by atoms with Crippen molar-refractivity contribution in [3.8, 4) is 0 Å². The van der Waals surface area contributed by atoms with Gasteiger partial charge < -0.3 is 10.6 Å². The molecule has 1 atom stereocenters. The van der Waals surface area contributed by atoms with Crippen LogP contribution in [0, 0.1) is 0 Å². The number of hydrogen-bond donors (Lipinski definition) is 1. The lowest BCUT2D eigenvalue weighted by molar-refractivity contribution is 0.213. The minimum absolute atomic E-state index is 0. The fraction of sp³-hybridized carbons (Fsp3) is 0.467. The Morgan fingerprint density at radius 2 is 2.06 bits per heavy atom. The van der Waals surface area contributed by atoms with E-state index in [1.165, 1.54) is 24.9 Å². The van der Waals surface area contributed by atoms with Crippen LogP contribution < -0.4 is 5.73 Å². The Labute approximate surface area is 116 Å². The Hall–Kier alpha value is -0.830. The van der Waals surface area contributed by atoms with Crippen LogP contribution in [0.4, 0.5) is 0 Å². The number of halogens is 1. The van der Waals surface area contributed by atoms with Gasteiger partial charge in [0.25, 0.3) is 0 Å². The molecular formula is C15H23ClN2. The molecule has 1 aliphatic heterocycles. The van der Waals surface area contributed by atoms with Gasteiger partial charge in [0, 0.05) is 19.1 Å². The highest BCUT2D eigenvalue weighted by Crippen LogP contribution is 2.09. The molecule has 0 bridgehead atoms. The zero-order valence-corrected chi connectivity index (χ0v) is 11.6. The van der Waals surface area contributed by atoms with Crippen molar-refractivity contribution in [3.05, 3.63) is 42.0 Å². The topological polar surface area (TPSA) is 29.3 Å². The Morgan fingerprint density at radius 3 is 2.78 bits per heavy atom. The summed E-state index contributed by atoms with van der Waals surface area (Å²) in [6, 6.07) is 10.8. The normalized spacial score (nSPS) is 20.8. The fourth-order valence-corrected chi connectivity index (χ4v) is 2.34. The van der Waals surface area contributed by atoms with Gasteiger partial charge in [-0.15, -0.1) is 12.4 Å². The summed E-state index contributed by atoms with van der Waals surface area (Å²) in [6.45, 7) is 3.42. The van der Waals surface area contributed by atoms with Crippen molar-refractivity contribution in [2.75, 3.05) is 19.6 Å². The number of nitrogens with two attached hydrogens (primary N) is 1. The number of nitrogens with zero attached hydrogens (tertiary/aromatic N) is 1. The first-order chi connectivity index (χ1) is 8.34. The van der Waals surface area contributed by atoms with Crippen LogP contribution in [-0.4, -0.2) is 30.6 Å². The molecule has 1 aromatic rings. The van der Waals surface area contributed by atoms with E-state index in [1.54, 1.807) is 0 Å². The highest BCUT2D eigenvalue weighted by molar-refractivity contribution is 5.85. The third-order valence-corrected chi connectivity index (χ3v) is 3.26. The van der Waals surface area contributed by atoms with Crippen molar-refractivity contribution in [2.45, 2.75) is 25.3 Å². The molecule has 2 rings (SSSR count). The number of benzene rings is 1. The van der Waals surface area contributed by atoms with Gasteiger partial charge in [-0.05, 0) is 31.4 Å². The van der Waals surface area contributed by atoms with E-state index in [4.69, 9.17) is 5.73 Å². The second kappa shape index (κ2) is 8.30. The molecule has 0 aromatic heterocycles. The van der Waals surface area contributed by atoms with Gasteiger partial charge >= 0.3 is 0 Å². The molecule has 1 saturated heterocycles. The maximum Gasteiger partial charge on any atom is 0.0168 e. The summed E-state index contributed by atoms with van der Waals surface area (Å²) in [4.78, 5) is 2.48. The summed E-state index contributed by atoms with van der Waals surface area (Å²) < 4.78 is 0. The van der Waals surface area contributed by atoms with Gasteiger partial charge in [0.05, 0.1) is 0 Å². The molecule has 0 saturated carbocycles. The summed E-state index contributed by atoms with van der Waals surface area (Å²) in [6.07, 6.45) is 8.01. The minimum atomic E-state index is 0. The quantitative estimate of drug-likeness (QED) is 0.908. The van der Waals surface area contributed by atoms with Crippen LogP contribution in [0.2, 0.25) is 0 Å². The predicted octanol–water partition coefficient (Wildman–Crippen LogP) is 2.93. The van der Waals surface area contributed by atoms with Gasteiger partial charge in [0.15, 0.2) is 0 Å². The Balaban J connectivity index is 0.00000162. The van der Waals surface area contributed by atoms with E-state index < -0.39 is 0 Å². The van der Waals surface area contributed by atoms with E-state index in [2.05, 4.69) is 41.3 Å². The molecule has 1 unspecified atom stereocenters. The molecule has 2 nitrogen and oxygen atoms in total. The third-order valence-electron chi connectivity index (χ3n) is 3.26. The average molecular weight is 267 g/mol. The van der Waals surface area contributed by atoms with E-state index >= 15 is 0 Å². The minimum Gasteiger partial charge on any atom is -0.327 e. The summed E-state index contributed by atoms with van der Waals surface area (Å²) in [5.74, 6) is 0. The molecule has 1 fully saturated rings. The Kier molecular flexibility index (Phi) is 7.02. The molecule has 2 N–H and O–H groups in total. The van der Waals surface area contributed by atoms with Crippen LogP contribution in [0.5, 0.6) is 0 Å². The van der Waals surface area contributed by atoms with Crippen molar-refractivity contribution in [1.29, 1.82) is 0 Å². The van der Waals surface area contributed by atoms with Crippen LogP contribution in [0.25, 0.3) is 6.08 Å². The molecule has 0 spiro atoms. The van der Waals surface area contributed by atoms with Crippen molar-refractivity contribution < 1.29 is 0 Å². The monoisotopic (exact) mass is 266 g/mol. The van der Waals surface area contributed by atoms with Crippen LogP contribution in [0.15, 0.2) is 36.4 Å². The molecule has 1 aromatic carbocycles. The average Bonchev–Trinajstić information content (AvgIpc) is 2.36. The lowest BCUT2D eigenvalue weighted by atomic mass is 10.1. The second-order valence-corrected chi connectivity index (χ2v) is 4.80. The van der Waals surface area contributed by atoms with E-state index in [1.807, 2.05) is 6.07 Å². The van der Waals surface area contributed by atoms with Crippen LogP contribution in [-0.2, 0) is 0 Å². The number of likely N-dealkylation sites (tertiary alicyclic amines) is 1. The van der Waals surface area contributed by atoms with Crippen LogP contribution in [0.3, 0.4) is 0 Å². The van der Waals surface area contributed by atoms with Gasteiger partial charge in [-0.2, -0.15) is 0 Å². The van der Waals surface area contributed by atoms with Crippen LogP contribution >= 0.6 is 12.4 Å². The first kappa shape index (κ1) is 15.2. The smallest absolute Gasteiger partial charge is 0.0168 e. The van der Waals surface area contributed by atoms with Crippen molar-refractivity contribution in [2.24, 2.45) is 5.73 Å².